The standard InChI is InChI=1S/C17H17N7O2S2/c1-9-4-5-11(28-9)10-8-27-17-15(10)16(26)18-12(19-17)6-14(25)23(2)7-13-20-21-22-24(13)3/h4-5,8H,6-7H2,1-3H3,(H,18,19,26). The van der Waals surface area contributed by atoms with Crippen LogP contribution in [0.2, 0.25) is 0 Å². The molecule has 4 heterocycles. The molecule has 0 unspecified atom stereocenters. The molecule has 0 aromatic carbocycles. The van der Waals surface area contributed by atoms with Crippen LogP contribution >= 0.6 is 22.7 Å². The molecule has 11 heteroatoms. The van der Waals surface area contributed by atoms with Crippen molar-refractivity contribution in [3.8, 4) is 10.4 Å². The minimum absolute atomic E-state index is 0.00168. The lowest BCUT2D eigenvalue weighted by Gasteiger charge is -2.15. The molecule has 0 atom stereocenters. The second-order valence-corrected chi connectivity index (χ2v) is 8.54. The highest BCUT2D eigenvalue weighted by molar-refractivity contribution is 7.19. The van der Waals surface area contributed by atoms with Crippen molar-refractivity contribution in [2.45, 2.75) is 19.9 Å². The number of carbonyl (C=O) groups excluding carboxylic acids is 1. The van der Waals surface area contributed by atoms with Crippen LogP contribution < -0.4 is 5.56 Å². The Balaban J connectivity index is 1.57. The number of H-pyrrole nitrogens is 1. The number of nitrogens with one attached hydrogen (secondary N) is 1. The maximum absolute atomic E-state index is 12.7. The number of fused-ring (bicyclic) bond motifs is 1. The number of hydrogen-bond donors (Lipinski definition) is 1. The zero-order valence-corrected chi connectivity index (χ0v) is 17.1. The van der Waals surface area contributed by atoms with E-state index in [4.69, 9.17) is 0 Å². The summed E-state index contributed by atoms with van der Waals surface area (Å²) >= 11 is 3.05. The number of tetrazole rings is 1. The fourth-order valence-corrected chi connectivity index (χ4v) is 4.72. The number of thiophene rings is 2. The SMILES string of the molecule is Cc1ccc(-c2csc3nc(CC(=O)N(C)Cc4nnnn4C)[nH]c(=O)c23)s1. The summed E-state index contributed by atoms with van der Waals surface area (Å²) in [6.45, 7) is 2.30. The summed E-state index contributed by atoms with van der Waals surface area (Å²) in [5.74, 6) is 0.735. The van der Waals surface area contributed by atoms with E-state index in [0.29, 0.717) is 21.9 Å². The average molecular weight is 416 g/mol. The molecule has 28 heavy (non-hydrogen) atoms. The smallest absolute Gasteiger partial charge is 0.260 e. The fourth-order valence-electron chi connectivity index (χ4n) is 2.80. The van der Waals surface area contributed by atoms with Gasteiger partial charge >= 0.3 is 0 Å². The van der Waals surface area contributed by atoms with Gasteiger partial charge in [0.05, 0.1) is 18.4 Å². The van der Waals surface area contributed by atoms with Gasteiger partial charge in [-0.15, -0.1) is 27.8 Å². The molecular formula is C17H17N7O2S2. The highest BCUT2D eigenvalue weighted by Gasteiger charge is 2.18. The van der Waals surface area contributed by atoms with Crippen LogP contribution in [0.4, 0.5) is 0 Å². The Kier molecular flexibility index (Phi) is 4.77. The number of rotatable bonds is 5. The molecule has 4 aromatic heterocycles. The van der Waals surface area contributed by atoms with E-state index in [2.05, 4.69) is 25.5 Å². The second kappa shape index (κ2) is 7.24. The number of aryl methyl sites for hydroxylation is 2. The van der Waals surface area contributed by atoms with Crippen molar-refractivity contribution in [3.05, 3.63) is 44.4 Å². The van der Waals surface area contributed by atoms with E-state index < -0.39 is 0 Å². The van der Waals surface area contributed by atoms with Gasteiger partial charge in [-0.05, 0) is 29.5 Å². The predicted octanol–water partition coefficient (Wildman–Crippen LogP) is 1.75. The van der Waals surface area contributed by atoms with E-state index in [9.17, 15) is 9.59 Å². The van der Waals surface area contributed by atoms with Crippen molar-refractivity contribution in [2.24, 2.45) is 7.05 Å². The Morgan fingerprint density at radius 2 is 2.18 bits per heavy atom. The number of carbonyl (C=O) groups is 1. The summed E-state index contributed by atoms with van der Waals surface area (Å²) in [5.41, 5.74) is 0.659. The van der Waals surface area contributed by atoms with Crippen molar-refractivity contribution >= 4 is 38.8 Å². The average Bonchev–Trinajstić information content (AvgIpc) is 3.35. The van der Waals surface area contributed by atoms with Gasteiger partial charge in [0.1, 0.15) is 10.7 Å². The molecule has 0 bridgehead atoms. The summed E-state index contributed by atoms with van der Waals surface area (Å²) in [7, 11) is 3.38. The molecule has 0 fully saturated rings. The largest absolute Gasteiger partial charge is 0.338 e. The van der Waals surface area contributed by atoms with Gasteiger partial charge in [-0.3, -0.25) is 9.59 Å². The van der Waals surface area contributed by atoms with Gasteiger partial charge in [0, 0.05) is 34.8 Å². The van der Waals surface area contributed by atoms with Crippen LogP contribution in [-0.4, -0.2) is 48.0 Å². The van der Waals surface area contributed by atoms with Gasteiger partial charge in [-0.2, -0.15) is 0 Å². The summed E-state index contributed by atoms with van der Waals surface area (Å²) in [5, 5.41) is 13.7. The van der Waals surface area contributed by atoms with Crippen LogP contribution in [-0.2, 0) is 24.8 Å². The van der Waals surface area contributed by atoms with Gasteiger partial charge in [-0.25, -0.2) is 9.67 Å². The molecule has 0 spiro atoms. The van der Waals surface area contributed by atoms with Crippen LogP contribution in [0.5, 0.6) is 0 Å². The molecule has 4 rings (SSSR count). The van der Waals surface area contributed by atoms with E-state index in [0.717, 1.165) is 10.4 Å². The molecule has 0 aliphatic carbocycles. The highest BCUT2D eigenvalue weighted by Crippen LogP contribution is 2.34. The zero-order chi connectivity index (χ0) is 19.8. The van der Waals surface area contributed by atoms with Crippen molar-refractivity contribution < 1.29 is 4.79 Å². The molecule has 1 N–H and O–H groups in total. The van der Waals surface area contributed by atoms with E-state index in [1.54, 1.807) is 25.4 Å². The molecule has 144 valence electrons. The lowest BCUT2D eigenvalue weighted by molar-refractivity contribution is -0.129. The van der Waals surface area contributed by atoms with Crippen molar-refractivity contribution in [2.75, 3.05) is 7.05 Å². The van der Waals surface area contributed by atoms with Gasteiger partial charge in [-0.1, -0.05) is 0 Å². The van der Waals surface area contributed by atoms with Gasteiger partial charge in [0.2, 0.25) is 5.91 Å². The molecule has 0 saturated heterocycles. The van der Waals surface area contributed by atoms with Gasteiger partial charge < -0.3 is 9.88 Å². The van der Waals surface area contributed by atoms with Crippen LogP contribution in [0.3, 0.4) is 0 Å². The van der Waals surface area contributed by atoms with Crippen molar-refractivity contribution in [1.29, 1.82) is 0 Å². The highest BCUT2D eigenvalue weighted by atomic mass is 32.1. The fraction of sp³-hybridized carbons (Fsp3) is 0.294. The topological polar surface area (TPSA) is 110 Å². The number of hydrogen-bond acceptors (Lipinski definition) is 8. The number of nitrogens with zero attached hydrogens (tertiary/aromatic N) is 6. The van der Waals surface area contributed by atoms with Crippen LogP contribution in [0.15, 0.2) is 22.3 Å². The summed E-state index contributed by atoms with van der Waals surface area (Å²) in [4.78, 5) is 36.8. The minimum atomic E-state index is -0.227. The monoisotopic (exact) mass is 415 g/mol. The Labute approximate surface area is 167 Å². The third-order valence-electron chi connectivity index (χ3n) is 4.33. The Hall–Kier alpha value is -2.92. The van der Waals surface area contributed by atoms with Crippen LogP contribution in [0.1, 0.15) is 16.5 Å². The van der Waals surface area contributed by atoms with Crippen molar-refractivity contribution in [1.82, 2.24) is 35.1 Å². The van der Waals surface area contributed by atoms with E-state index >= 15 is 0 Å². The third-order valence-corrected chi connectivity index (χ3v) is 6.24. The van der Waals surface area contributed by atoms with Gasteiger partial charge in [0.25, 0.3) is 5.56 Å². The summed E-state index contributed by atoms with van der Waals surface area (Å²) in [6, 6.07) is 4.04. The summed E-state index contributed by atoms with van der Waals surface area (Å²) < 4.78 is 1.51. The van der Waals surface area contributed by atoms with Crippen LogP contribution in [0, 0.1) is 6.92 Å². The normalized spacial score (nSPS) is 11.2. The van der Waals surface area contributed by atoms with E-state index in [1.165, 1.54) is 25.8 Å². The molecule has 9 nitrogen and oxygen atoms in total. The Morgan fingerprint density at radius 1 is 1.36 bits per heavy atom. The quantitative estimate of drug-likeness (QED) is 0.532. The summed E-state index contributed by atoms with van der Waals surface area (Å²) in [6.07, 6.45) is -0.00168. The number of aromatic nitrogens is 6. The molecule has 0 radical (unpaired) electrons. The zero-order valence-electron chi connectivity index (χ0n) is 15.5. The number of aromatic amines is 1. The third kappa shape index (κ3) is 3.45. The lowest BCUT2D eigenvalue weighted by atomic mass is 10.2. The minimum Gasteiger partial charge on any atom is -0.338 e. The lowest BCUT2D eigenvalue weighted by Crippen LogP contribution is -2.30. The maximum atomic E-state index is 12.7. The molecule has 0 aliphatic rings. The Bertz CT molecular complexity index is 1220. The van der Waals surface area contributed by atoms with E-state index in [-0.39, 0.29) is 24.4 Å². The first-order valence-corrected chi connectivity index (χ1v) is 10.1. The molecule has 4 aromatic rings. The first-order chi connectivity index (χ1) is 13.4. The second-order valence-electron chi connectivity index (χ2n) is 6.40. The van der Waals surface area contributed by atoms with Crippen LogP contribution in [0.25, 0.3) is 20.7 Å². The first kappa shape index (κ1) is 18.4. The van der Waals surface area contributed by atoms with E-state index in [1.807, 2.05) is 24.4 Å². The maximum Gasteiger partial charge on any atom is 0.260 e. The number of likely N-dealkylation sites (N-methyl/N-ethyl adjacent to an activating group) is 1. The van der Waals surface area contributed by atoms with Crippen molar-refractivity contribution in [3.63, 3.8) is 0 Å². The number of amides is 1. The first-order valence-electron chi connectivity index (χ1n) is 8.45. The molecule has 1 amide bonds. The molecular weight excluding hydrogens is 398 g/mol. The Morgan fingerprint density at radius 3 is 2.86 bits per heavy atom. The molecule has 0 saturated carbocycles. The van der Waals surface area contributed by atoms with Gasteiger partial charge in [0.15, 0.2) is 5.82 Å². The predicted molar refractivity (Wildman–Crippen MR) is 107 cm³/mol. The molecule has 0 aliphatic heterocycles.